The molecule has 2 heterocycles. The van der Waals surface area contributed by atoms with Crippen LogP contribution in [0.15, 0.2) is 33.7 Å². The summed E-state index contributed by atoms with van der Waals surface area (Å²) in [7, 11) is 2.12. The van der Waals surface area contributed by atoms with E-state index in [-0.39, 0.29) is 16.9 Å². The number of rotatable bonds is 5. The molecule has 3 nitrogen and oxygen atoms in total. The van der Waals surface area contributed by atoms with Gasteiger partial charge < -0.3 is 4.90 Å². The van der Waals surface area contributed by atoms with Gasteiger partial charge in [0.05, 0.1) is 5.25 Å². The summed E-state index contributed by atoms with van der Waals surface area (Å²) in [6.07, 6.45) is 0. The monoisotopic (exact) mass is 313 g/mol. The third-order valence-electron chi connectivity index (χ3n) is 2.72. The van der Waals surface area contributed by atoms with Gasteiger partial charge in [-0.05, 0) is 44.8 Å². The Morgan fingerprint density at radius 1 is 1.21 bits per heavy atom. The lowest BCUT2D eigenvalue weighted by Gasteiger charge is -2.16. The van der Waals surface area contributed by atoms with E-state index in [4.69, 9.17) is 0 Å². The first-order valence-electron chi connectivity index (χ1n) is 5.71. The third kappa shape index (κ3) is 3.52. The van der Waals surface area contributed by atoms with Gasteiger partial charge in [-0.3, -0.25) is 9.00 Å². The van der Waals surface area contributed by atoms with Crippen molar-refractivity contribution in [3.05, 3.63) is 44.8 Å². The average Bonchev–Trinajstić information content (AvgIpc) is 3.02. The second kappa shape index (κ2) is 6.45. The van der Waals surface area contributed by atoms with Gasteiger partial charge in [0.1, 0.15) is 5.75 Å². The van der Waals surface area contributed by atoms with Crippen LogP contribution in [0.2, 0.25) is 0 Å². The van der Waals surface area contributed by atoms with Crippen molar-refractivity contribution < 1.29 is 9.00 Å². The zero-order chi connectivity index (χ0) is 13.8. The average molecular weight is 313 g/mol. The summed E-state index contributed by atoms with van der Waals surface area (Å²) in [5.41, 5.74) is 2.04. The van der Waals surface area contributed by atoms with Crippen molar-refractivity contribution in [3.63, 3.8) is 0 Å². The van der Waals surface area contributed by atoms with Gasteiger partial charge in [0, 0.05) is 24.9 Å². The van der Waals surface area contributed by atoms with Crippen molar-refractivity contribution in [1.82, 2.24) is 4.90 Å². The molecule has 2 aromatic heterocycles. The molecule has 1 atom stereocenters. The van der Waals surface area contributed by atoms with Gasteiger partial charge in [0.25, 0.3) is 0 Å². The van der Waals surface area contributed by atoms with Crippen LogP contribution in [0.1, 0.15) is 16.4 Å². The van der Waals surface area contributed by atoms with Gasteiger partial charge in [-0.1, -0.05) is 0 Å². The minimum atomic E-state index is -1.25. The van der Waals surface area contributed by atoms with E-state index >= 15 is 0 Å². The standard InChI is InChI=1S/C13H15NO2S3/c1-14(2)12(15)9-19(16)13(10-3-5-17-7-10)11-4-6-18-8-11/h3-8,13H,9H2,1-2H3. The Hall–Kier alpha value is -0.980. The van der Waals surface area contributed by atoms with Crippen LogP contribution in [-0.2, 0) is 15.6 Å². The predicted molar refractivity (Wildman–Crippen MR) is 82.2 cm³/mol. The highest BCUT2D eigenvalue weighted by Crippen LogP contribution is 2.31. The molecule has 0 N–H and O–H groups in total. The van der Waals surface area contributed by atoms with E-state index in [1.165, 1.54) is 4.90 Å². The molecule has 2 rings (SSSR count). The molecular formula is C13H15NO2S3. The second-order valence-electron chi connectivity index (χ2n) is 4.31. The van der Waals surface area contributed by atoms with E-state index in [0.717, 1.165) is 11.1 Å². The van der Waals surface area contributed by atoms with E-state index < -0.39 is 10.8 Å². The van der Waals surface area contributed by atoms with E-state index in [2.05, 4.69) is 0 Å². The van der Waals surface area contributed by atoms with Crippen molar-refractivity contribution in [2.24, 2.45) is 0 Å². The lowest BCUT2D eigenvalue weighted by atomic mass is 10.1. The Morgan fingerprint density at radius 2 is 1.74 bits per heavy atom. The van der Waals surface area contributed by atoms with Gasteiger partial charge >= 0.3 is 0 Å². The largest absolute Gasteiger partial charge is 0.348 e. The number of amides is 1. The first-order valence-corrected chi connectivity index (χ1v) is 8.98. The lowest BCUT2D eigenvalue weighted by Crippen LogP contribution is -2.28. The number of carbonyl (C=O) groups is 1. The zero-order valence-corrected chi connectivity index (χ0v) is 13.2. The Morgan fingerprint density at radius 3 is 2.11 bits per heavy atom. The maximum absolute atomic E-state index is 12.5. The van der Waals surface area contributed by atoms with Gasteiger partial charge in [0.15, 0.2) is 0 Å². The summed E-state index contributed by atoms with van der Waals surface area (Å²) >= 11 is 3.16. The minimum Gasteiger partial charge on any atom is -0.348 e. The zero-order valence-electron chi connectivity index (χ0n) is 10.7. The molecule has 0 fully saturated rings. The van der Waals surface area contributed by atoms with Crippen LogP contribution >= 0.6 is 22.7 Å². The van der Waals surface area contributed by atoms with Crippen molar-refractivity contribution in [2.75, 3.05) is 19.8 Å². The maximum atomic E-state index is 12.5. The third-order valence-corrected chi connectivity index (χ3v) is 5.72. The van der Waals surface area contributed by atoms with Crippen molar-refractivity contribution in [3.8, 4) is 0 Å². The van der Waals surface area contributed by atoms with Crippen molar-refractivity contribution >= 4 is 39.4 Å². The summed E-state index contributed by atoms with van der Waals surface area (Å²) < 4.78 is 12.5. The fourth-order valence-electron chi connectivity index (χ4n) is 1.68. The second-order valence-corrected chi connectivity index (χ2v) is 7.39. The first-order chi connectivity index (χ1) is 9.09. The molecule has 1 amide bonds. The van der Waals surface area contributed by atoms with E-state index in [0.29, 0.717) is 0 Å². The molecule has 2 aromatic rings. The molecule has 6 heteroatoms. The summed E-state index contributed by atoms with van der Waals surface area (Å²) in [6.45, 7) is 0. The van der Waals surface area contributed by atoms with Gasteiger partial charge in [0.2, 0.25) is 5.91 Å². The molecule has 19 heavy (non-hydrogen) atoms. The van der Waals surface area contributed by atoms with Crippen LogP contribution in [-0.4, -0.2) is 34.9 Å². The Labute approximate surface area is 123 Å². The number of hydrogen-bond donors (Lipinski definition) is 0. The SMILES string of the molecule is CN(C)C(=O)CS(=O)C(c1ccsc1)c1ccsc1. The van der Waals surface area contributed by atoms with Crippen LogP contribution in [0.4, 0.5) is 0 Å². The number of thiophene rings is 2. The van der Waals surface area contributed by atoms with Crippen LogP contribution in [0, 0.1) is 0 Å². The fraction of sp³-hybridized carbons (Fsp3) is 0.308. The molecule has 0 radical (unpaired) electrons. The molecular weight excluding hydrogens is 298 g/mol. The normalized spacial score (nSPS) is 12.6. The van der Waals surface area contributed by atoms with E-state index in [1.54, 1.807) is 36.8 Å². The Kier molecular flexibility index (Phi) is 4.90. The molecule has 0 saturated heterocycles. The number of carbonyl (C=O) groups excluding carboxylic acids is 1. The number of hydrogen-bond acceptors (Lipinski definition) is 4. The molecule has 0 saturated carbocycles. The van der Waals surface area contributed by atoms with Gasteiger partial charge in [-0.25, -0.2) is 0 Å². The Bertz CT molecular complexity index is 512. The van der Waals surface area contributed by atoms with Crippen molar-refractivity contribution in [2.45, 2.75) is 5.25 Å². The number of nitrogens with zero attached hydrogens (tertiary/aromatic N) is 1. The summed E-state index contributed by atoms with van der Waals surface area (Å²) in [5.74, 6) is -0.0441. The van der Waals surface area contributed by atoms with Gasteiger partial charge in [-0.15, -0.1) is 0 Å². The van der Waals surface area contributed by atoms with Crippen LogP contribution in [0.25, 0.3) is 0 Å². The quantitative estimate of drug-likeness (QED) is 0.851. The molecule has 102 valence electrons. The summed E-state index contributed by atoms with van der Waals surface area (Å²) in [6, 6.07) is 3.95. The molecule has 0 aromatic carbocycles. The molecule has 0 aliphatic rings. The first kappa shape index (κ1) is 14.4. The van der Waals surface area contributed by atoms with Crippen LogP contribution < -0.4 is 0 Å². The Balaban J connectivity index is 2.24. The molecule has 0 aliphatic carbocycles. The molecule has 1 unspecified atom stereocenters. The summed E-state index contributed by atoms with van der Waals surface area (Å²) in [4.78, 5) is 13.2. The predicted octanol–water partition coefficient (Wildman–Crippen LogP) is 2.74. The highest BCUT2D eigenvalue weighted by Gasteiger charge is 2.24. The van der Waals surface area contributed by atoms with Crippen LogP contribution in [0.3, 0.4) is 0 Å². The highest BCUT2D eigenvalue weighted by atomic mass is 32.2. The maximum Gasteiger partial charge on any atom is 0.234 e. The molecule has 0 spiro atoms. The minimum absolute atomic E-state index is 0.0589. The van der Waals surface area contributed by atoms with Gasteiger partial charge in [-0.2, -0.15) is 22.7 Å². The topological polar surface area (TPSA) is 37.4 Å². The fourth-order valence-corrected chi connectivity index (χ4v) is 4.79. The van der Waals surface area contributed by atoms with Crippen LogP contribution in [0.5, 0.6) is 0 Å². The van der Waals surface area contributed by atoms with Crippen molar-refractivity contribution in [1.29, 1.82) is 0 Å². The smallest absolute Gasteiger partial charge is 0.234 e. The van der Waals surface area contributed by atoms with E-state index in [9.17, 15) is 9.00 Å². The highest BCUT2D eigenvalue weighted by molar-refractivity contribution is 7.86. The molecule has 0 aliphatic heterocycles. The summed E-state index contributed by atoms with van der Waals surface area (Å²) in [5, 5.41) is 7.74. The molecule has 0 bridgehead atoms. The lowest BCUT2D eigenvalue weighted by molar-refractivity contribution is -0.125. The van der Waals surface area contributed by atoms with E-state index in [1.807, 2.05) is 33.7 Å².